The van der Waals surface area contributed by atoms with Gasteiger partial charge in [0.2, 0.25) is 0 Å². The molecule has 0 N–H and O–H groups in total. The monoisotopic (exact) mass is 339 g/mol. The Hall–Kier alpha value is -1.95. The molecule has 1 saturated heterocycles. The Kier molecular flexibility index (Phi) is 3.73. The zero-order valence-corrected chi connectivity index (χ0v) is 14.8. The van der Waals surface area contributed by atoms with Crippen molar-refractivity contribution in [1.82, 2.24) is 20.3 Å². The van der Waals surface area contributed by atoms with Crippen molar-refractivity contribution in [3.8, 4) is 0 Å². The van der Waals surface area contributed by atoms with E-state index < -0.39 is 0 Å². The summed E-state index contributed by atoms with van der Waals surface area (Å²) in [5, 5.41) is 13.1. The quantitative estimate of drug-likeness (QED) is 0.834. The molecule has 0 spiro atoms. The van der Waals surface area contributed by atoms with Crippen LogP contribution in [-0.2, 0) is 19.4 Å². The molecule has 1 saturated carbocycles. The highest BCUT2D eigenvalue weighted by molar-refractivity contribution is 5.45. The first-order chi connectivity index (χ1) is 12.3. The van der Waals surface area contributed by atoms with Crippen LogP contribution < -0.4 is 4.90 Å². The lowest BCUT2D eigenvalue weighted by Gasteiger charge is -2.44. The van der Waals surface area contributed by atoms with Crippen LogP contribution in [0.2, 0.25) is 0 Å². The molecule has 0 radical (unpaired) electrons. The lowest BCUT2D eigenvalue weighted by Crippen LogP contribution is -2.58. The SMILES string of the molecule is CN(Cc1cc(C2CC2)on1)C1CN(c2cc3c(nn2)CCCC3)C1. The van der Waals surface area contributed by atoms with Crippen LogP contribution in [0.4, 0.5) is 5.82 Å². The third-order valence-corrected chi connectivity index (χ3v) is 5.83. The predicted octanol–water partition coefficient (Wildman–Crippen LogP) is 2.54. The lowest BCUT2D eigenvalue weighted by atomic mass is 9.96. The van der Waals surface area contributed by atoms with Gasteiger partial charge in [0.25, 0.3) is 0 Å². The molecule has 2 aromatic heterocycles. The first-order valence-electron chi connectivity index (χ1n) is 9.52. The highest BCUT2D eigenvalue weighted by Gasteiger charge is 2.33. The topological polar surface area (TPSA) is 58.3 Å². The molecule has 3 heterocycles. The minimum absolute atomic E-state index is 0.541. The predicted molar refractivity (Wildman–Crippen MR) is 94.6 cm³/mol. The summed E-state index contributed by atoms with van der Waals surface area (Å²) < 4.78 is 5.46. The van der Waals surface area contributed by atoms with E-state index >= 15 is 0 Å². The molecule has 3 aliphatic rings. The van der Waals surface area contributed by atoms with Gasteiger partial charge in [0.15, 0.2) is 5.82 Å². The van der Waals surface area contributed by atoms with Crippen molar-refractivity contribution in [2.24, 2.45) is 0 Å². The summed E-state index contributed by atoms with van der Waals surface area (Å²) in [6, 6.07) is 4.94. The second-order valence-electron chi connectivity index (χ2n) is 7.85. The molecule has 0 aromatic carbocycles. The number of likely N-dealkylation sites (N-methyl/N-ethyl adjacent to an activating group) is 1. The van der Waals surface area contributed by atoms with Gasteiger partial charge in [0.1, 0.15) is 5.76 Å². The van der Waals surface area contributed by atoms with E-state index in [2.05, 4.69) is 44.3 Å². The van der Waals surface area contributed by atoms with Gasteiger partial charge in [-0.15, -0.1) is 5.10 Å². The molecular weight excluding hydrogens is 314 g/mol. The molecule has 1 aliphatic heterocycles. The summed E-state index contributed by atoms with van der Waals surface area (Å²) in [5.41, 5.74) is 3.67. The van der Waals surface area contributed by atoms with E-state index in [1.165, 1.54) is 36.9 Å². The molecule has 0 bridgehead atoms. The molecule has 2 aromatic rings. The summed E-state index contributed by atoms with van der Waals surface area (Å²) in [4.78, 5) is 4.71. The number of hydrogen-bond donors (Lipinski definition) is 0. The smallest absolute Gasteiger partial charge is 0.151 e. The second kappa shape index (κ2) is 6.09. The van der Waals surface area contributed by atoms with Gasteiger partial charge in [-0.3, -0.25) is 4.90 Å². The fraction of sp³-hybridized carbons (Fsp3) is 0.632. The second-order valence-corrected chi connectivity index (χ2v) is 7.85. The molecule has 0 amide bonds. The molecule has 2 aliphatic carbocycles. The van der Waals surface area contributed by atoms with Gasteiger partial charge in [-0.1, -0.05) is 5.16 Å². The Balaban J connectivity index is 1.18. The van der Waals surface area contributed by atoms with Gasteiger partial charge in [0.05, 0.1) is 11.4 Å². The van der Waals surface area contributed by atoms with Crippen LogP contribution in [-0.4, -0.2) is 46.4 Å². The lowest BCUT2D eigenvalue weighted by molar-refractivity contribution is 0.191. The van der Waals surface area contributed by atoms with E-state index in [0.717, 1.165) is 49.7 Å². The Bertz CT molecular complexity index is 763. The van der Waals surface area contributed by atoms with Crippen molar-refractivity contribution in [1.29, 1.82) is 0 Å². The number of aryl methyl sites for hydroxylation is 2. The maximum absolute atomic E-state index is 5.46. The number of nitrogens with zero attached hydrogens (tertiary/aromatic N) is 5. The molecule has 6 heteroatoms. The van der Waals surface area contributed by atoms with Gasteiger partial charge in [-0.2, -0.15) is 5.10 Å². The average Bonchev–Trinajstić information content (AvgIpc) is 3.33. The molecule has 25 heavy (non-hydrogen) atoms. The van der Waals surface area contributed by atoms with Crippen molar-refractivity contribution in [3.05, 3.63) is 34.8 Å². The number of aromatic nitrogens is 3. The number of anilines is 1. The van der Waals surface area contributed by atoms with Crippen molar-refractivity contribution in [2.45, 2.75) is 57.0 Å². The Morgan fingerprint density at radius 3 is 2.84 bits per heavy atom. The number of fused-ring (bicyclic) bond motifs is 1. The summed E-state index contributed by atoms with van der Waals surface area (Å²) in [6.45, 7) is 2.87. The van der Waals surface area contributed by atoms with Crippen LogP contribution >= 0.6 is 0 Å². The zero-order valence-electron chi connectivity index (χ0n) is 14.8. The number of rotatable bonds is 5. The molecular formula is C19H25N5O. The Labute approximate surface area is 148 Å². The van der Waals surface area contributed by atoms with Crippen LogP contribution in [0.1, 0.15) is 54.3 Å². The van der Waals surface area contributed by atoms with Gasteiger partial charge >= 0.3 is 0 Å². The molecule has 0 unspecified atom stereocenters. The minimum Gasteiger partial charge on any atom is -0.361 e. The fourth-order valence-electron chi connectivity index (χ4n) is 3.90. The average molecular weight is 339 g/mol. The van der Waals surface area contributed by atoms with Crippen molar-refractivity contribution >= 4 is 5.82 Å². The normalized spacial score (nSPS) is 20.6. The molecule has 0 atom stereocenters. The van der Waals surface area contributed by atoms with Crippen molar-refractivity contribution in [3.63, 3.8) is 0 Å². The summed E-state index contributed by atoms with van der Waals surface area (Å²) in [7, 11) is 2.17. The molecule has 132 valence electrons. The minimum atomic E-state index is 0.541. The van der Waals surface area contributed by atoms with Crippen LogP contribution in [0.3, 0.4) is 0 Å². The van der Waals surface area contributed by atoms with Crippen LogP contribution in [0.15, 0.2) is 16.7 Å². The summed E-state index contributed by atoms with van der Waals surface area (Å²) in [6.07, 6.45) is 7.29. The highest BCUT2D eigenvalue weighted by Crippen LogP contribution is 2.40. The third-order valence-electron chi connectivity index (χ3n) is 5.83. The first-order valence-corrected chi connectivity index (χ1v) is 9.52. The number of hydrogen-bond acceptors (Lipinski definition) is 6. The van der Waals surface area contributed by atoms with Crippen molar-refractivity contribution < 1.29 is 4.52 Å². The highest BCUT2D eigenvalue weighted by atomic mass is 16.5. The summed E-state index contributed by atoms with van der Waals surface area (Å²) >= 11 is 0. The Morgan fingerprint density at radius 2 is 2.00 bits per heavy atom. The summed E-state index contributed by atoms with van der Waals surface area (Å²) in [5.74, 6) is 2.75. The van der Waals surface area contributed by atoms with Gasteiger partial charge < -0.3 is 9.42 Å². The van der Waals surface area contributed by atoms with E-state index in [-0.39, 0.29) is 0 Å². The third kappa shape index (κ3) is 3.03. The standard InChI is InChI=1S/C19H25N5O/c1-23(10-15-9-18(25-22-15)13-6-7-13)16-11-24(12-16)19-8-14-4-2-3-5-17(14)20-21-19/h8-9,13,16H,2-7,10-12H2,1H3. The van der Waals surface area contributed by atoms with Gasteiger partial charge in [-0.05, 0) is 57.2 Å². The van der Waals surface area contributed by atoms with Crippen LogP contribution in [0, 0.1) is 0 Å². The van der Waals surface area contributed by atoms with Gasteiger partial charge in [0, 0.05) is 37.7 Å². The zero-order chi connectivity index (χ0) is 16.8. The van der Waals surface area contributed by atoms with E-state index in [1.54, 1.807) is 0 Å². The van der Waals surface area contributed by atoms with Crippen molar-refractivity contribution in [2.75, 3.05) is 25.0 Å². The molecule has 6 nitrogen and oxygen atoms in total. The van der Waals surface area contributed by atoms with E-state index in [9.17, 15) is 0 Å². The maximum Gasteiger partial charge on any atom is 0.151 e. The van der Waals surface area contributed by atoms with Gasteiger partial charge in [-0.25, -0.2) is 0 Å². The van der Waals surface area contributed by atoms with Crippen LogP contribution in [0.25, 0.3) is 0 Å². The van der Waals surface area contributed by atoms with E-state index in [0.29, 0.717) is 12.0 Å². The molecule has 5 rings (SSSR count). The first kappa shape index (κ1) is 15.3. The van der Waals surface area contributed by atoms with E-state index in [4.69, 9.17) is 4.52 Å². The van der Waals surface area contributed by atoms with E-state index in [1.807, 2.05) is 0 Å². The van der Waals surface area contributed by atoms with Crippen LogP contribution in [0.5, 0.6) is 0 Å². The largest absolute Gasteiger partial charge is 0.361 e. The Morgan fingerprint density at radius 1 is 1.16 bits per heavy atom. The maximum atomic E-state index is 5.46. The molecule has 2 fully saturated rings. The fourth-order valence-corrected chi connectivity index (χ4v) is 3.90.